The number of likely N-dealkylation sites (tertiary alicyclic amines) is 1. The molecule has 92 valence electrons. The van der Waals surface area contributed by atoms with Gasteiger partial charge in [-0.05, 0) is 31.7 Å². The first-order valence-electron chi connectivity index (χ1n) is 6.42. The molecule has 1 amide bonds. The van der Waals surface area contributed by atoms with Crippen molar-refractivity contribution in [1.82, 2.24) is 10.2 Å². The first-order valence-corrected chi connectivity index (χ1v) is 6.42. The van der Waals surface area contributed by atoms with Crippen molar-refractivity contribution < 1.29 is 4.79 Å². The number of nitrogens with one attached hydrogen (secondary N) is 1. The number of carbonyl (C=O) groups is 1. The second-order valence-corrected chi connectivity index (χ2v) is 5.32. The summed E-state index contributed by atoms with van der Waals surface area (Å²) in [7, 11) is 0. The SMILES string of the molecule is CC1CCN(C(CN)CC(=O)NC2CC2)C1. The highest BCUT2D eigenvalue weighted by Gasteiger charge is 2.28. The minimum absolute atomic E-state index is 0.178. The van der Waals surface area contributed by atoms with Gasteiger partial charge < -0.3 is 11.1 Å². The van der Waals surface area contributed by atoms with E-state index in [1.807, 2.05) is 0 Å². The van der Waals surface area contributed by atoms with Crippen LogP contribution in [0, 0.1) is 5.92 Å². The van der Waals surface area contributed by atoms with E-state index in [9.17, 15) is 4.79 Å². The lowest BCUT2D eigenvalue weighted by atomic mass is 10.1. The molecule has 4 nitrogen and oxygen atoms in total. The van der Waals surface area contributed by atoms with E-state index in [1.54, 1.807) is 0 Å². The third-order valence-corrected chi connectivity index (χ3v) is 3.61. The molecule has 1 aliphatic heterocycles. The summed E-state index contributed by atoms with van der Waals surface area (Å²) < 4.78 is 0. The molecule has 2 unspecified atom stereocenters. The van der Waals surface area contributed by atoms with E-state index in [2.05, 4.69) is 17.1 Å². The van der Waals surface area contributed by atoms with Crippen LogP contribution in [0.25, 0.3) is 0 Å². The second kappa shape index (κ2) is 5.15. The molecule has 2 rings (SSSR count). The van der Waals surface area contributed by atoms with Crippen LogP contribution in [0.4, 0.5) is 0 Å². The maximum absolute atomic E-state index is 11.7. The van der Waals surface area contributed by atoms with Crippen LogP contribution in [0.15, 0.2) is 0 Å². The first-order chi connectivity index (χ1) is 7.69. The zero-order valence-corrected chi connectivity index (χ0v) is 10.1. The average molecular weight is 225 g/mol. The van der Waals surface area contributed by atoms with Crippen LogP contribution in [-0.4, -0.2) is 42.5 Å². The molecule has 0 bridgehead atoms. The quantitative estimate of drug-likeness (QED) is 0.708. The van der Waals surface area contributed by atoms with Crippen LogP contribution < -0.4 is 11.1 Å². The fourth-order valence-electron chi connectivity index (χ4n) is 2.39. The van der Waals surface area contributed by atoms with Crippen LogP contribution in [-0.2, 0) is 4.79 Å². The number of rotatable bonds is 5. The summed E-state index contributed by atoms with van der Waals surface area (Å²) in [6.07, 6.45) is 4.11. The highest BCUT2D eigenvalue weighted by molar-refractivity contribution is 5.77. The highest BCUT2D eigenvalue weighted by Crippen LogP contribution is 2.21. The molecule has 0 aromatic carbocycles. The Balaban J connectivity index is 1.77. The van der Waals surface area contributed by atoms with Crippen molar-refractivity contribution in [3.63, 3.8) is 0 Å². The first kappa shape index (κ1) is 11.9. The number of hydrogen-bond acceptors (Lipinski definition) is 3. The molecule has 2 atom stereocenters. The Kier molecular flexibility index (Phi) is 3.82. The molecule has 0 radical (unpaired) electrons. The van der Waals surface area contributed by atoms with Gasteiger partial charge in [0.1, 0.15) is 0 Å². The molecular weight excluding hydrogens is 202 g/mol. The van der Waals surface area contributed by atoms with E-state index >= 15 is 0 Å². The van der Waals surface area contributed by atoms with E-state index < -0.39 is 0 Å². The Morgan fingerprint density at radius 3 is 2.75 bits per heavy atom. The van der Waals surface area contributed by atoms with Crippen LogP contribution in [0.3, 0.4) is 0 Å². The fraction of sp³-hybridized carbons (Fsp3) is 0.917. The van der Waals surface area contributed by atoms with Gasteiger partial charge in [-0.1, -0.05) is 6.92 Å². The zero-order valence-electron chi connectivity index (χ0n) is 10.1. The van der Waals surface area contributed by atoms with Crippen molar-refractivity contribution in [3.05, 3.63) is 0 Å². The molecule has 1 heterocycles. The minimum atomic E-state index is 0.178. The summed E-state index contributed by atoms with van der Waals surface area (Å²) in [5, 5.41) is 3.03. The third-order valence-electron chi connectivity index (χ3n) is 3.61. The molecule has 3 N–H and O–H groups in total. The molecule has 1 saturated heterocycles. The van der Waals surface area contributed by atoms with Crippen LogP contribution in [0.1, 0.15) is 32.6 Å². The predicted octanol–water partition coefficient (Wildman–Crippen LogP) is 0.324. The van der Waals surface area contributed by atoms with Crippen molar-refractivity contribution in [1.29, 1.82) is 0 Å². The van der Waals surface area contributed by atoms with Gasteiger partial charge in [0.2, 0.25) is 5.91 Å². The Morgan fingerprint density at radius 2 is 2.25 bits per heavy atom. The minimum Gasteiger partial charge on any atom is -0.353 e. The van der Waals surface area contributed by atoms with E-state index in [0.717, 1.165) is 31.8 Å². The lowest BCUT2D eigenvalue weighted by molar-refractivity contribution is -0.122. The maximum Gasteiger partial charge on any atom is 0.221 e. The molecule has 1 aliphatic carbocycles. The third kappa shape index (κ3) is 3.19. The van der Waals surface area contributed by atoms with Crippen LogP contribution >= 0.6 is 0 Å². The second-order valence-electron chi connectivity index (χ2n) is 5.32. The summed E-state index contributed by atoms with van der Waals surface area (Å²) in [6, 6.07) is 0.701. The van der Waals surface area contributed by atoms with Gasteiger partial charge in [-0.15, -0.1) is 0 Å². The van der Waals surface area contributed by atoms with Gasteiger partial charge in [-0.2, -0.15) is 0 Å². The maximum atomic E-state index is 11.7. The summed E-state index contributed by atoms with van der Waals surface area (Å²) >= 11 is 0. The summed E-state index contributed by atoms with van der Waals surface area (Å²) in [6.45, 7) is 5.04. The highest BCUT2D eigenvalue weighted by atomic mass is 16.1. The average Bonchev–Trinajstić information content (AvgIpc) is 2.95. The lowest BCUT2D eigenvalue weighted by Crippen LogP contribution is -2.43. The van der Waals surface area contributed by atoms with Gasteiger partial charge in [0.15, 0.2) is 0 Å². The Labute approximate surface area is 97.6 Å². The van der Waals surface area contributed by atoms with E-state index in [0.29, 0.717) is 19.0 Å². The number of nitrogens with two attached hydrogens (primary N) is 1. The van der Waals surface area contributed by atoms with Crippen molar-refractivity contribution >= 4 is 5.91 Å². The topological polar surface area (TPSA) is 58.4 Å². The van der Waals surface area contributed by atoms with Crippen molar-refractivity contribution in [2.24, 2.45) is 11.7 Å². The van der Waals surface area contributed by atoms with Gasteiger partial charge in [0.05, 0.1) is 0 Å². The smallest absolute Gasteiger partial charge is 0.221 e. The van der Waals surface area contributed by atoms with E-state index in [1.165, 1.54) is 6.42 Å². The zero-order chi connectivity index (χ0) is 11.5. The normalized spacial score (nSPS) is 28.0. The van der Waals surface area contributed by atoms with E-state index in [-0.39, 0.29) is 11.9 Å². The van der Waals surface area contributed by atoms with Gasteiger partial charge in [-0.3, -0.25) is 9.69 Å². The number of amides is 1. The summed E-state index contributed by atoms with van der Waals surface area (Å²) in [4.78, 5) is 14.1. The molecule has 2 aliphatic rings. The Bertz CT molecular complexity index is 253. The Morgan fingerprint density at radius 1 is 1.50 bits per heavy atom. The summed E-state index contributed by atoms with van der Waals surface area (Å²) in [5.41, 5.74) is 5.77. The molecule has 1 saturated carbocycles. The monoisotopic (exact) mass is 225 g/mol. The van der Waals surface area contributed by atoms with Gasteiger partial charge in [0, 0.05) is 31.6 Å². The van der Waals surface area contributed by atoms with Crippen molar-refractivity contribution in [3.8, 4) is 0 Å². The largest absolute Gasteiger partial charge is 0.353 e. The van der Waals surface area contributed by atoms with Crippen molar-refractivity contribution in [2.75, 3.05) is 19.6 Å². The summed E-state index contributed by atoms with van der Waals surface area (Å²) in [5.74, 6) is 0.929. The van der Waals surface area contributed by atoms with Crippen molar-refractivity contribution in [2.45, 2.75) is 44.7 Å². The fourth-order valence-corrected chi connectivity index (χ4v) is 2.39. The molecule has 16 heavy (non-hydrogen) atoms. The van der Waals surface area contributed by atoms with Gasteiger partial charge in [0.25, 0.3) is 0 Å². The molecule has 0 aromatic heterocycles. The Hall–Kier alpha value is -0.610. The molecule has 2 fully saturated rings. The molecular formula is C12H23N3O. The number of carbonyl (C=O) groups excluding carboxylic acids is 1. The standard InChI is InChI=1S/C12H23N3O/c1-9-4-5-15(8-9)11(7-13)6-12(16)14-10-2-3-10/h9-11H,2-8,13H2,1H3,(H,14,16). The predicted molar refractivity (Wildman–Crippen MR) is 64.0 cm³/mol. The lowest BCUT2D eigenvalue weighted by Gasteiger charge is -2.26. The number of nitrogens with zero attached hydrogens (tertiary/aromatic N) is 1. The van der Waals surface area contributed by atoms with Gasteiger partial charge >= 0.3 is 0 Å². The van der Waals surface area contributed by atoms with Crippen LogP contribution in [0.2, 0.25) is 0 Å². The molecule has 4 heteroatoms. The number of hydrogen-bond donors (Lipinski definition) is 2. The molecule has 0 spiro atoms. The van der Waals surface area contributed by atoms with Gasteiger partial charge in [-0.25, -0.2) is 0 Å². The van der Waals surface area contributed by atoms with E-state index in [4.69, 9.17) is 5.73 Å². The van der Waals surface area contributed by atoms with Crippen LogP contribution in [0.5, 0.6) is 0 Å². The molecule has 0 aromatic rings.